The third-order valence-corrected chi connectivity index (χ3v) is 6.16. The molecule has 3 heterocycles. The average molecular weight is 439 g/mol. The molecule has 0 radical (unpaired) electrons. The van der Waals surface area contributed by atoms with Crippen LogP contribution in [0, 0.1) is 12.7 Å². The van der Waals surface area contributed by atoms with Gasteiger partial charge in [-0.3, -0.25) is 14.6 Å². The molecule has 1 aromatic carbocycles. The minimum Gasteiger partial charge on any atom is -0.342 e. The van der Waals surface area contributed by atoms with Crippen LogP contribution >= 0.6 is 11.3 Å². The summed E-state index contributed by atoms with van der Waals surface area (Å²) in [7, 11) is 0. The Hall–Kier alpha value is -3.13. The van der Waals surface area contributed by atoms with Crippen molar-refractivity contribution in [3.8, 4) is 0 Å². The molecule has 6 nitrogen and oxygen atoms in total. The van der Waals surface area contributed by atoms with Crippen LogP contribution < -0.4 is 5.32 Å². The van der Waals surface area contributed by atoms with Gasteiger partial charge in [-0.05, 0) is 56.2 Å². The minimum atomic E-state index is -0.356. The van der Waals surface area contributed by atoms with Gasteiger partial charge in [0.05, 0.1) is 22.7 Å². The Morgan fingerprint density at radius 3 is 2.71 bits per heavy atom. The van der Waals surface area contributed by atoms with Crippen LogP contribution in [0.4, 0.5) is 10.1 Å². The van der Waals surface area contributed by atoms with E-state index in [1.165, 1.54) is 24.3 Å². The number of aromatic nitrogens is 2. The Bertz CT molecular complexity index is 1070. The zero-order valence-electron chi connectivity index (χ0n) is 17.2. The highest BCUT2D eigenvalue weighted by Crippen LogP contribution is 2.26. The number of amides is 2. The number of carbonyl (C=O) groups excluding carboxylic acids is 2. The van der Waals surface area contributed by atoms with E-state index in [4.69, 9.17) is 0 Å². The predicted molar refractivity (Wildman–Crippen MR) is 118 cm³/mol. The molecule has 2 aromatic heterocycles. The number of piperidine rings is 1. The second-order valence-electron chi connectivity index (χ2n) is 7.65. The number of thiazole rings is 1. The fraction of sp³-hybridized carbons (Fsp3) is 0.304. The molecule has 0 saturated carbocycles. The van der Waals surface area contributed by atoms with Gasteiger partial charge in [0, 0.05) is 42.0 Å². The Balaban J connectivity index is 1.37. The molecule has 1 fully saturated rings. The smallest absolute Gasteiger partial charge is 0.257 e. The molecule has 2 amide bonds. The van der Waals surface area contributed by atoms with Crippen LogP contribution in [0.5, 0.6) is 0 Å². The number of pyridine rings is 1. The normalized spacial score (nSPS) is 16.2. The van der Waals surface area contributed by atoms with Crippen LogP contribution in [-0.4, -0.2) is 39.8 Å². The summed E-state index contributed by atoms with van der Waals surface area (Å²) >= 11 is 1.55. The van der Waals surface area contributed by atoms with E-state index in [0.29, 0.717) is 24.2 Å². The summed E-state index contributed by atoms with van der Waals surface area (Å²) in [5, 5.41) is 5.63. The number of nitrogens with zero attached hydrogens (tertiary/aromatic N) is 3. The molecule has 3 aromatic rings. The molecular formula is C23H23FN4O2S. The second kappa shape index (κ2) is 9.34. The SMILES string of the molecule is Cc1nc(CC(=O)N2CCC[C@@H](c3ccc(C(=O)Nc4ccc(F)cc4)cn3)C2)cs1. The third-order valence-electron chi connectivity index (χ3n) is 5.34. The van der Waals surface area contributed by atoms with E-state index in [-0.39, 0.29) is 23.5 Å². The standard InChI is InChI=1S/C23H23FN4O2S/c1-15-26-20(14-31-15)11-22(29)28-10-2-3-17(13-28)21-9-4-16(12-25-21)23(30)27-19-7-5-18(24)6-8-19/h4-9,12,14,17H,2-3,10-11,13H2,1H3,(H,27,30)/t17-/m1/s1. The highest BCUT2D eigenvalue weighted by atomic mass is 32.1. The molecule has 0 spiro atoms. The fourth-order valence-electron chi connectivity index (χ4n) is 3.72. The first-order chi connectivity index (χ1) is 15.0. The van der Waals surface area contributed by atoms with Gasteiger partial charge >= 0.3 is 0 Å². The molecule has 8 heteroatoms. The van der Waals surface area contributed by atoms with E-state index in [0.717, 1.165) is 35.8 Å². The van der Waals surface area contributed by atoms with Gasteiger partial charge in [0.1, 0.15) is 5.82 Å². The van der Waals surface area contributed by atoms with Gasteiger partial charge in [0.25, 0.3) is 5.91 Å². The van der Waals surface area contributed by atoms with E-state index >= 15 is 0 Å². The fourth-order valence-corrected chi connectivity index (χ4v) is 4.33. The number of aryl methyl sites for hydroxylation is 1. The summed E-state index contributed by atoms with van der Waals surface area (Å²) in [5.41, 5.74) is 2.65. The maximum Gasteiger partial charge on any atom is 0.257 e. The van der Waals surface area contributed by atoms with E-state index in [1.54, 1.807) is 23.6 Å². The maximum absolute atomic E-state index is 13.0. The van der Waals surface area contributed by atoms with Crippen LogP contribution in [-0.2, 0) is 11.2 Å². The molecule has 1 aliphatic heterocycles. The third kappa shape index (κ3) is 5.32. The van der Waals surface area contributed by atoms with Crippen molar-refractivity contribution in [2.45, 2.75) is 32.1 Å². The number of hydrogen-bond acceptors (Lipinski definition) is 5. The molecule has 1 saturated heterocycles. The summed E-state index contributed by atoms with van der Waals surface area (Å²) in [5.74, 6) is -0.426. The summed E-state index contributed by atoms with van der Waals surface area (Å²) in [6.45, 7) is 3.30. The largest absolute Gasteiger partial charge is 0.342 e. The van der Waals surface area contributed by atoms with Gasteiger partial charge in [-0.2, -0.15) is 0 Å². The second-order valence-corrected chi connectivity index (χ2v) is 8.71. The number of hydrogen-bond donors (Lipinski definition) is 1. The zero-order chi connectivity index (χ0) is 21.8. The van der Waals surface area contributed by atoms with Crippen LogP contribution in [0.2, 0.25) is 0 Å². The van der Waals surface area contributed by atoms with Crippen molar-refractivity contribution in [3.05, 3.63) is 75.8 Å². The zero-order valence-corrected chi connectivity index (χ0v) is 18.0. The minimum absolute atomic E-state index is 0.0882. The first-order valence-corrected chi connectivity index (χ1v) is 11.1. The van der Waals surface area contributed by atoms with E-state index in [1.807, 2.05) is 23.3 Å². The quantitative estimate of drug-likeness (QED) is 0.648. The van der Waals surface area contributed by atoms with Crippen LogP contribution in [0.3, 0.4) is 0 Å². The molecule has 1 aliphatic rings. The number of benzene rings is 1. The number of nitrogens with one attached hydrogen (secondary N) is 1. The van der Waals surface area contributed by atoms with Crippen LogP contribution in [0.1, 0.15) is 45.5 Å². The van der Waals surface area contributed by atoms with E-state index in [9.17, 15) is 14.0 Å². The first-order valence-electron chi connectivity index (χ1n) is 10.2. The lowest BCUT2D eigenvalue weighted by Gasteiger charge is -2.32. The van der Waals surface area contributed by atoms with Crippen molar-refractivity contribution in [1.82, 2.24) is 14.9 Å². The predicted octanol–water partition coefficient (Wildman–Crippen LogP) is 4.19. The van der Waals surface area contributed by atoms with Crippen molar-refractivity contribution in [3.63, 3.8) is 0 Å². The highest BCUT2D eigenvalue weighted by molar-refractivity contribution is 7.09. The molecular weight excluding hydrogens is 415 g/mol. The van der Waals surface area contributed by atoms with Crippen molar-refractivity contribution in [1.29, 1.82) is 0 Å². The summed E-state index contributed by atoms with van der Waals surface area (Å²) in [6.07, 6.45) is 3.74. The lowest BCUT2D eigenvalue weighted by Crippen LogP contribution is -2.40. The Kier molecular flexibility index (Phi) is 6.36. The number of halogens is 1. The number of rotatable bonds is 5. The highest BCUT2D eigenvalue weighted by Gasteiger charge is 2.26. The summed E-state index contributed by atoms with van der Waals surface area (Å²) in [4.78, 5) is 35.9. The van der Waals surface area contributed by atoms with Gasteiger partial charge in [-0.25, -0.2) is 9.37 Å². The molecule has 0 bridgehead atoms. The van der Waals surface area contributed by atoms with E-state index in [2.05, 4.69) is 15.3 Å². The molecule has 0 unspecified atom stereocenters. The van der Waals surface area contributed by atoms with Crippen molar-refractivity contribution in [2.75, 3.05) is 18.4 Å². The molecule has 1 N–H and O–H groups in total. The maximum atomic E-state index is 13.0. The Morgan fingerprint density at radius 1 is 1.23 bits per heavy atom. The van der Waals surface area contributed by atoms with Gasteiger partial charge in [-0.15, -0.1) is 11.3 Å². The van der Waals surface area contributed by atoms with Crippen molar-refractivity contribution >= 4 is 28.8 Å². The number of anilines is 1. The van der Waals surface area contributed by atoms with Gasteiger partial charge in [-0.1, -0.05) is 0 Å². The molecule has 160 valence electrons. The molecule has 0 aliphatic carbocycles. The van der Waals surface area contributed by atoms with Crippen molar-refractivity contribution in [2.24, 2.45) is 0 Å². The van der Waals surface area contributed by atoms with E-state index < -0.39 is 0 Å². The number of carbonyl (C=O) groups is 2. The first kappa shape index (κ1) is 21.1. The summed E-state index contributed by atoms with van der Waals surface area (Å²) in [6, 6.07) is 9.19. The topological polar surface area (TPSA) is 75.2 Å². The molecule has 1 atom stereocenters. The van der Waals surface area contributed by atoms with Crippen molar-refractivity contribution < 1.29 is 14.0 Å². The lowest BCUT2D eigenvalue weighted by atomic mass is 9.93. The van der Waals surface area contributed by atoms with Gasteiger partial charge in [0.2, 0.25) is 5.91 Å². The molecule has 31 heavy (non-hydrogen) atoms. The van der Waals surface area contributed by atoms with Crippen LogP contribution in [0.15, 0.2) is 48.0 Å². The average Bonchev–Trinajstić information content (AvgIpc) is 3.20. The summed E-state index contributed by atoms with van der Waals surface area (Å²) < 4.78 is 13.0. The Labute approximate surface area is 184 Å². The van der Waals surface area contributed by atoms with Gasteiger partial charge < -0.3 is 10.2 Å². The Morgan fingerprint density at radius 2 is 2.03 bits per heavy atom. The van der Waals surface area contributed by atoms with Gasteiger partial charge in [0.15, 0.2) is 0 Å². The molecule has 4 rings (SSSR count). The van der Waals surface area contributed by atoms with Crippen LogP contribution in [0.25, 0.3) is 0 Å². The lowest BCUT2D eigenvalue weighted by molar-refractivity contribution is -0.131. The number of likely N-dealkylation sites (tertiary alicyclic amines) is 1. The monoisotopic (exact) mass is 438 g/mol.